The molecule has 0 fully saturated rings. The third kappa shape index (κ3) is 14.0. The number of alkyl halides is 6. The van der Waals surface area contributed by atoms with Gasteiger partial charge in [-0.3, -0.25) is 9.59 Å². The van der Waals surface area contributed by atoms with Crippen LogP contribution in [0, 0.1) is 0 Å². The van der Waals surface area contributed by atoms with Gasteiger partial charge in [0, 0.05) is 37.1 Å². The number of amides is 1. The number of fused-ring (bicyclic) bond motifs is 2. The monoisotopic (exact) mass is 806 g/mol. The van der Waals surface area contributed by atoms with Crippen LogP contribution in [0.3, 0.4) is 0 Å². The third-order valence-corrected chi connectivity index (χ3v) is 9.20. The zero-order chi connectivity index (χ0) is 40.1. The van der Waals surface area contributed by atoms with Gasteiger partial charge in [-0.15, -0.1) is 0 Å². The highest BCUT2D eigenvalue weighted by molar-refractivity contribution is 7.16. The highest BCUT2D eigenvalue weighted by Gasteiger charge is 2.39. The molecule has 0 saturated heterocycles. The number of aromatic amines is 1. The number of carbonyl (C=O) groups is 3. The summed E-state index contributed by atoms with van der Waals surface area (Å²) in [6, 6.07) is 20.0. The van der Waals surface area contributed by atoms with E-state index in [0.717, 1.165) is 58.9 Å². The number of carboxylic acids is 2. The zero-order valence-electron chi connectivity index (χ0n) is 28.4. The number of nitrogens with zero attached hydrogens (tertiary/aromatic N) is 1. The van der Waals surface area contributed by atoms with Gasteiger partial charge in [-0.25, -0.2) is 9.59 Å². The van der Waals surface area contributed by atoms with Crippen LogP contribution in [0.25, 0.3) is 10.2 Å². The molecule has 4 aromatic rings. The Balaban J connectivity index is 0.000000476. The zero-order valence-corrected chi connectivity index (χ0v) is 30.0. The summed E-state index contributed by atoms with van der Waals surface area (Å²) in [4.78, 5) is 47.6. The average Bonchev–Trinajstić information content (AvgIpc) is 3.71. The molecule has 0 bridgehead atoms. The van der Waals surface area contributed by atoms with Gasteiger partial charge in [0.15, 0.2) is 0 Å². The molecule has 19 heteroatoms. The lowest BCUT2D eigenvalue weighted by Gasteiger charge is -2.29. The van der Waals surface area contributed by atoms with Gasteiger partial charge in [0.25, 0.3) is 0 Å². The number of aliphatic carboxylic acids is 2. The second kappa shape index (κ2) is 20.1. The van der Waals surface area contributed by atoms with Crippen LogP contribution in [0.5, 0.6) is 5.75 Å². The van der Waals surface area contributed by atoms with E-state index in [1.54, 1.807) is 6.07 Å². The van der Waals surface area contributed by atoms with Crippen molar-refractivity contribution in [2.24, 2.45) is 0 Å². The summed E-state index contributed by atoms with van der Waals surface area (Å²) in [5, 5.41) is 31.9. The molecule has 54 heavy (non-hydrogen) atoms. The first-order valence-corrected chi connectivity index (χ1v) is 17.5. The van der Waals surface area contributed by atoms with E-state index in [2.05, 4.69) is 50.8 Å². The smallest absolute Gasteiger partial charge is 0.490 e. The quantitative estimate of drug-likeness (QED) is 0.0747. The number of H-pyrrole nitrogens is 1. The number of phenolic OH excluding ortho intramolecular Hbond substituents is 1. The summed E-state index contributed by atoms with van der Waals surface area (Å²) in [5.74, 6) is -5.25. The van der Waals surface area contributed by atoms with Gasteiger partial charge in [-0.2, -0.15) is 26.3 Å². The molecule has 11 nitrogen and oxygen atoms in total. The van der Waals surface area contributed by atoms with Crippen LogP contribution in [-0.4, -0.2) is 94.2 Å². The van der Waals surface area contributed by atoms with E-state index in [4.69, 9.17) is 31.4 Å². The largest absolute Gasteiger partial charge is 0.506 e. The van der Waals surface area contributed by atoms with Crippen LogP contribution in [0.4, 0.5) is 26.3 Å². The fraction of sp³-hybridized carbons (Fsp3) is 0.371. The van der Waals surface area contributed by atoms with Gasteiger partial charge >= 0.3 is 29.2 Å². The molecule has 6 N–H and O–H groups in total. The topological polar surface area (TPSA) is 172 Å². The van der Waals surface area contributed by atoms with Crippen LogP contribution in [0.15, 0.2) is 65.5 Å². The van der Waals surface area contributed by atoms with Crippen molar-refractivity contribution in [3.63, 3.8) is 0 Å². The number of phenols is 1. The normalized spacial score (nSPS) is 12.6. The maximum absolute atomic E-state index is 13.4. The number of benzene rings is 3. The number of carboxylic acid groups (broad SMARTS) is 2. The molecule has 0 spiro atoms. The van der Waals surface area contributed by atoms with Crippen molar-refractivity contribution in [2.45, 2.75) is 50.5 Å². The van der Waals surface area contributed by atoms with E-state index in [1.165, 1.54) is 16.7 Å². The molecule has 1 heterocycles. The summed E-state index contributed by atoms with van der Waals surface area (Å²) >= 11 is 7.21. The second-order valence-corrected chi connectivity index (χ2v) is 13.3. The van der Waals surface area contributed by atoms with E-state index < -0.39 is 24.3 Å². The van der Waals surface area contributed by atoms with Crippen LogP contribution in [0.1, 0.15) is 28.7 Å². The molecule has 3 aromatic carbocycles. The van der Waals surface area contributed by atoms with Crippen molar-refractivity contribution < 1.29 is 56.0 Å². The van der Waals surface area contributed by atoms with Gasteiger partial charge in [-0.1, -0.05) is 65.4 Å². The molecular weight excluding hydrogens is 770 g/mol. The number of aromatic nitrogens is 1. The number of aromatic hydroxyl groups is 1. The number of nitrogens with one attached hydrogen (secondary N) is 3. The highest BCUT2D eigenvalue weighted by atomic mass is 35.5. The molecule has 5 rings (SSSR count). The molecule has 0 radical (unpaired) electrons. The SMILES string of the molecule is O=C(CCNCCc1cccc(Cl)c1)N(CCNCCc1ccc(O)c2[nH]c(=O)sc12)C1Cc2ccccc2C1.O=C(O)C(F)(F)F.O=C(O)C(F)(F)F. The van der Waals surface area contributed by atoms with Crippen LogP contribution in [-0.2, 0) is 40.1 Å². The predicted octanol–water partition coefficient (Wildman–Crippen LogP) is 5.57. The first-order chi connectivity index (χ1) is 25.4. The Morgan fingerprint density at radius 2 is 1.41 bits per heavy atom. The predicted molar refractivity (Wildman–Crippen MR) is 190 cm³/mol. The number of rotatable bonds is 13. The molecule has 1 aliphatic carbocycles. The number of carbonyl (C=O) groups excluding carboxylic acids is 1. The van der Waals surface area contributed by atoms with Gasteiger partial charge in [0.05, 0.1) is 4.70 Å². The van der Waals surface area contributed by atoms with Crippen LogP contribution in [0.2, 0.25) is 5.02 Å². The Bertz CT molecular complexity index is 1890. The van der Waals surface area contributed by atoms with Crippen molar-refractivity contribution in [3.05, 3.63) is 97.6 Å². The van der Waals surface area contributed by atoms with Gasteiger partial charge < -0.3 is 35.8 Å². The Hall–Kier alpha value is -4.65. The molecule has 0 atom stereocenters. The molecule has 0 aliphatic heterocycles. The summed E-state index contributed by atoms with van der Waals surface area (Å²) < 4.78 is 64.3. The highest BCUT2D eigenvalue weighted by Crippen LogP contribution is 2.28. The minimum Gasteiger partial charge on any atom is -0.506 e. The maximum Gasteiger partial charge on any atom is 0.490 e. The first kappa shape index (κ1) is 43.8. The van der Waals surface area contributed by atoms with Gasteiger partial charge in [0.2, 0.25) is 5.91 Å². The number of hydrogen-bond acceptors (Lipinski definition) is 8. The standard InChI is InChI=1S/C31H35ClN4O3S.2C2HF3O2/c32-25-7-3-4-21(18-25)10-13-33-15-12-28(38)36(26-19-23-5-1-2-6-24(23)20-26)17-16-34-14-11-22-8-9-27(37)29-30(22)40-31(39)35-29;2*3-2(4,5)1(6)7/h1-9,18,26,33-34,37H,10-17,19-20H2,(H,35,39);2*(H,6,7). The second-order valence-electron chi connectivity index (χ2n) is 11.9. The molecule has 0 saturated carbocycles. The summed E-state index contributed by atoms with van der Waals surface area (Å²) in [7, 11) is 0. The van der Waals surface area contributed by atoms with E-state index >= 15 is 0 Å². The summed E-state index contributed by atoms with van der Waals surface area (Å²) in [6.45, 7) is 3.47. The van der Waals surface area contributed by atoms with Crippen LogP contribution >= 0.6 is 22.9 Å². The molecular formula is C35H37ClF6N4O7S. The van der Waals surface area contributed by atoms with E-state index in [0.29, 0.717) is 38.1 Å². The average molecular weight is 807 g/mol. The Labute approximate surface area is 313 Å². The van der Waals surface area contributed by atoms with E-state index in [-0.39, 0.29) is 22.6 Å². The molecule has 0 unspecified atom stereocenters. The van der Waals surface area contributed by atoms with Crippen molar-refractivity contribution in [3.8, 4) is 5.75 Å². The Kier molecular flexibility index (Phi) is 16.3. The lowest BCUT2D eigenvalue weighted by atomic mass is 10.1. The summed E-state index contributed by atoms with van der Waals surface area (Å²) in [5.41, 5.74) is 5.37. The van der Waals surface area contributed by atoms with Gasteiger partial charge in [-0.05, 0) is 79.2 Å². The summed E-state index contributed by atoms with van der Waals surface area (Å²) in [6.07, 6.45) is -6.33. The third-order valence-electron chi connectivity index (χ3n) is 8.01. The minimum atomic E-state index is -5.08. The Morgan fingerprint density at radius 3 is 1.98 bits per heavy atom. The number of hydrogen-bond donors (Lipinski definition) is 6. The first-order valence-electron chi connectivity index (χ1n) is 16.3. The lowest BCUT2D eigenvalue weighted by Crippen LogP contribution is -2.45. The lowest BCUT2D eigenvalue weighted by molar-refractivity contribution is -0.193. The molecule has 1 aliphatic rings. The fourth-order valence-electron chi connectivity index (χ4n) is 5.47. The molecule has 294 valence electrons. The van der Waals surface area contributed by atoms with Crippen molar-refractivity contribution in [1.82, 2.24) is 20.5 Å². The number of thiazole rings is 1. The van der Waals surface area contributed by atoms with Gasteiger partial charge in [0.1, 0.15) is 11.3 Å². The van der Waals surface area contributed by atoms with Crippen molar-refractivity contribution in [2.75, 3.05) is 32.7 Å². The minimum absolute atomic E-state index is 0.0933. The molecule has 1 amide bonds. The van der Waals surface area contributed by atoms with Crippen LogP contribution < -0.4 is 15.5 Å². The fourth-order valence-corrected chi connectivity index (χ4v) is 6.58. The van der Waals surface area contributed by atoms with E-state index in [1.807, 2.05) is 24.3 Å². The molecule has 1 aromatic heterocycles. The maximum atomic E-state index is 13.4. The van der Waals surface area contributed by atoms with E-state index in [9.17, 15) is 41.0 Å². The van der Waals surface area contributed by atoms with Crippen molar-refractivity contribution in [1.29, 1.82) is 0 Å². The van der Waals surface area contributed by atoms with Crippen molar-refractivity contribution >= 4 is 51.0 Å². The number of halogens is 7. The Morgan fingerprint density at radius 1 is 0.833 bits per heavy atom.